The molecule has 1 aromatic heterocycles. The number of rotatable bonds is 0. The molecule has 0 aliphatic heterocycles. The average molecular weight is 378 g/mol. The van der Waals surface area contributed by atoms with Crippen LogP contribution in [0.1, 0.15) is 0 Å². The molecule has 0 aliphatic carbocycles. The first-order chi connectivity index (χ1) is 8.82. The predicted octanol–water partition coefficient (Wildman–Crippen LogP) is -3.58. The van der Waals surface area contributed by atoms with Gasteiger partial charge in [-0.3, -0.25) is 0 Å². The van der Waals surface area contributed by atoms with Crippen LogP contribution in [0.2, 0.25) is 0 Å². The quantitative estimate of drug-likeness (QED) is 0.170. The number of anilines is 3. The summed E-state index contributed by atoms with van der Waals surface area (Å²) in [5, 5.41) is 14.8. The molecule has 0 bridgehead atoms. The van der Waals surface area contributed by atoms with Gasteiger partial charge in [-0.15, -0.1) is 0 Å². The van der Waals surface area contributed by atoms with Crippen molar-refractivity contribution >= 4 is 29.8 Å². The molecule has 0 unspecified atom stereocenters. The number of hydrogen-bond acceptors (Lipinski definition) is 10. The van der Waals surface area contributed by atoms with Crippen molar-refractivity contribution in [2.45, 2.75) is 0 Å². The molecule has 0 spiro atoms. The van der Waals surface area contributed by atoms with Gasteiger partial charge in [0.25, 0.3) is 0 Å². The molecule has 0 saturated carbocycles. The van der Waals surface area contributed by atoms with Crippen LogP contribution >= 0.6 is 0 Å². The minimum atomic E-state index is -5.52. The van der Waals surface area contributed by atoms with Crippen molar-refractivity contribution in [2.75, 3.05) is 17.2 Å². The van der Waals surface area contributed by atoms with Crippen LogP contribution in [-0.2, 0) is 33.1 Å². The zero-order chi connectivity index (χ0) is 16.5. The Morgan fingerprint density at radius 1 is 0.800 bits per heavy atom. The third-order valence-corrected chi connectivity index (χ3v) is 0.870. The Balaban J connectivity index is 0. The monoisotopic (exact) mass is 380 g/mol. The van der Waals surface area contributed by atoms with Crippen LogP contribution in [0.3, 0.4) is 0 Å². The fraction of sp³-hybridized carbons (Fsp3) is 0. The molecule has 0 amide bonds. The van der Waals surface area contributed by atoms with Crippen molar-refractivity contribution in [1.82, 2.24) is 15.0 Å². The first-order valence-corrected chi connectivity index (χ1v) is 7.45. The minimum absolute atomic E-state index is 0.0417. The molecule has 0 radical (unpaired) electrons. The number of carboxylic acid groups (broad SMARTS) is 2. The van der Waals surface area contributed by atoms with Gasteiger partial charge in [0.2, 0.25) is 17.8 Å². The van der Waals surface area contributed by atoms with Gasteiger partial charge in [0.05, 0.1) is 0 Å². The van der Waals surface area contributed by atoms with Gasteiger partial charge in [-0.25, -0.2) is 9.59 Å². The molecule has 10 N–H and O–H groups in total. The van der Waals surface area contributed by atoms with Gasteiger partial charge in [-0.2, -0.15) is 15.0 Å². The van der Waals surface area contributed by atoms with Crippen LogP contribution in [-0.4, -0.2) is 44.6 Å². The first-order valence-electron chi connectivity index (χ1n) is 4.01. The SMILES string of the molecule is Nc1nc(N)nc(N)n1.O=C(O)C(=O)O.[O]=[Mo](=[O])([OH])[OH]. The van der Waals surface area contributed by atoms with E-state index in [1.165, 1.54) is 0 Å². The number of aromatic nitrogens is 3. The number of carbonyl (C=O) groups is 2. The standard InChI is InChI=1S/C3H6N6.C2H2O4.Mo.2H2O.2O/c4-1-7-2(5)9-3(6)8-1;3-1(4)2(5)6;;;;;/h(H6,4,5,6,7,8,9);(H,3,4)(H,5,6);;2*1H2;;/q;;+2;;;;/p-2. The van der Waals surface area contributed by atoms with Crippen molar-refractivity contribution in [3.8, 4) is 0 Å². The third-order valence-electron chi connectivity index (χ3n) is 0.870. The Morgan fingerprint density at radius 3 is 1.05 bits per heavy atom. The van der Waals surface area contributed by atoms with E-state index in [1.54, 1.807) is 0 Å². The third kappa shape index (κ3) is 17.9. The fourth-order valence-electron chi connectivity index (χ4n) is 0.427. The van der Waals surface area contributed by atoms with Gasteiger partial charge in [-0.05, 0) is 0 Å². The summed E-state index contributed by atoms with van der Waals surface area (Å²) < 4.78 is 32.0. The molecule has 0 aromatic carbocycles. The second kappa shape index (κ2) is 8.62. The van der Waals surface area contributed by atoms with E-state index in [-0.39, 0.29) is 17.8 Å². The Labute approximate surface area is 113 Å². The zero-order valence-corrected chi connectivity index (χ0v) is 11.4. The molecule has 14 nitrogen and oxygen atoms in total. The molecular weight excluding hydrogens is 368 g/mol. The van der Waals surface area contributed by atoms with Crippen molar-refractivity contribution in [1.29, 1.82) is 0 Å². The molecule has 1 rings (SSSR count). The summed E-state index contributed by atoms with van der Waals surface area (Å²) in [6.07, 6.45) is 0. The summed E-state index contributed by atoms with van der Waals surface area (Å²) in [4.78, 5) is 28.7. The van der Waals surface area contributed by atoms with E-state index >= 15 is 0 Å². The molecule has 15 heteroatoms. The molecular formula is C5H10MoN6O8. The second-order valence-electron chi connectivity index (χ2n) is 2.47. The van der Waals surface area contributed by atoms with Crippen LogP contribution in [0.15, 0.2) is 0 Å². The van der Waals surface area contributed by atoms with Gasteiger partial charge < -0.3 is 27.4 Å². The molecule has 114 valence electrons. The molecule has 1 heterocycles. The van der Waals surface area contributed by atoms with Gasteiger partial charge in [0.15, 0.2) is 0 Å². The molecule has 0 aliphatic rings. The van der Waals surface area contributed by atoms with Gasteiger partial charge in [0, 0.05) is 0 Å². The summed E-state index contributed by atoms with van der Waals surface area (Å²) in [6, 6.07) is 0. The van der Waals surface area contributed by atoms with Crippen molar-refractivity contribution in [3.05, 3.63) is 0 Å². The van der Waals surface area contributed by atoms with Gasteiger partial charge >= 0.3 is 43.0 Å². The van der Waals surface area contributed by atoms with E-state index in [0.717, 1.165) is 0 Å². The Morgan fingerprint density at radius 2 is 0.950 bits per heavy atom. The molecule has 0 atom stereocenters. The summed E-state index contributed by atoms with van der Waals surface area (Å²) in [6.45, 7) is 0. The summed E-state index contributed by atoms with van der Waals surface area (Å²) in [5.74, 6) is -3.52. The Hall–Kier alpha value is -2.44. The predicted molar refractivity (Wildman–Crippen MR) is 54.1 cm³/mol. The van der Waals surface area contributed by atoms with E-state index in [0.29, 0.717) is 0 Å². The van der Waals surface area contributed by atoms with E-state index in [1.807, 2.05) is 0 Å². The summed E-state index contributed by atoms with van der Waals surface area (Å²) >= 11 is -5.52. The van der Waals surface area contributed by atoms with Crippen LogP contribution in [0, 0.1) is 0 Å². The number of nitrogen functional groups attached to an aromatic ring is 3. The summed E-state index contributed by atoms with van der Waals surface area (Å²) in [5.41, 5.74) is 15.4. The number of nitrogens with two attached hydrogens (primary N) is 3. The van der Waals surface area contributed by atoms with Crippen LogP contribution in [0.4, 0.5) is 17.8 Å². The number of aliphatic carboxylic acids is 2. The molecule has 0 saturated heterocycles. The Bertz CT molecular complexity index is 502. The van der Waals surface area contributed by atoms with E-state index < -0.39 is 28.7 Å². The van der Waals surface area contributed by atoms with Crippen molar-refractivity contribution in [3.63, 3.8) is 0 Å². The zero-order valence-electron chi connectivity index (χ0n) is 9.40. The number of carboxylic acids is 2. The van der Waals surface area contributed by atoms with E-state index in [4.69, 9.17) is 51.3 Å². The van der Waals surface area contributed by atoms with Crippen molar-refractivity contribution in [2.24, 2.45) is 0 Å². The van der Waals surface area contributed by atoms with Gasteiger partial charge in [-0.1, -0.05) is 0 Å². The average Bonchev–Trinajstić information content (AvgIpc) is 2.12. The molecule has 1 aromatic rings. The topological polar surface area (TPSA) is 266 Å². The van der Waals surface area contributed by atoms with Crippen molar-refractivity contribution < 1.29 is 50.9 Å². The number of hydrogen-bond donors (Lipinski definition) is 7. The van der Waals surface area contributed by atoms with Crippen LogP contribution in [0.5, 0.6) is 0 Å². The number of nitrogens with zero attached hydrogens (tertiary/aromatic N) is 3. The maximum absolute atomic E-state index is 9.10. The van der Waals surface area contributed by atoms with Crippen LogP contribution in [0.25, 0.3) is 0 Å². The van der Waals surface area contributed by atoms with Crippen LogP contribution < -0.4 is 17.2 Å². The Kier molecular flexibility index (Phi) is 8.58. The normalized spacial score (nSPS) is 9.30. The maximum atomic E-state index is 9.10. The molecule has 0 fully saturated rings. The molecule has 20 heavy (non-hydrogen) atoms. The fourth-order valence-corrected chi connectivity index (χ4v) is 0.427. The van der Waals surface area contributed by atoms with E-state index in [2.05, 4.69) is 15.0 Å². The van der Waals surface area contributed by atoms with E-state index in [9.17, 15) is 0 Å². The van der Waals surface area contributed by atoms with Gasteiger partial charge in [0.1, 0.15) is 0 Å². The second-order valence-corrected chi connectivity index (χ2v) is 4.67. The first kappa shape index (κ1) is 19.9. The summed E-state index contributed by atoms with van der Waals surface area (Å²) in [7, 11) is 0.